The molecule has 0 bridgehead atoms. The topological polar surface area (TPSA) is 62.6 Å². The number of hydrogen-bond donors (Lipinski definition) is 1. The van der Waals surface area contributed by atoms with E-state index in [0.29, 0.717) is 5.92 Å². The Hall–Kier alpha value is -3.15. The first-order chi connectivity index (χ1) is 14.1. The third kappa shape index (κ3) is 3.18. The minimum absolute atomic E-state index is 0.578. The molecule has 1 fully saturated rings. The largest absolute Gasteiger partial charge is 0.358 e. The lowest BCUT2D eigenvalue weighted by atomic mass is 9.87. The maximum atomic E-state index is 4.85. The lowest BCUT2D eigenvalue weighted by molar-refractivity contribution is 0.502. The van der Waals surface area contributed by atoms with Crippen molar-refractivity contribution in [2.24, 2.45) is 0 Å². The molecule has 0 amide bonds. The van der Waals surface area contributed by atoms with Gasteiger partial charge >= 0.3 is 0 Å². The highest BCUT2D eigenvalue weighted by atomic mass is 15.3. The summed E-state index contributed by atoms with van der Waals surface area (Å²) in [5.74, 6) is 2.29. The van der Waals surface area contributed by atoms with Gasteiger partial charge in [-0.15, -0.1) is 0 Å². The van der Waals surface area contributed by atoms with Crippen molar-refractivity contribution < 1.29 is 0 Å². The summed E-state index contributed by atoms with van der Waals surface area (Å²) in [6.07, 6.45) is 5.89. The van der Waals surface area contributed by atoms with E-state index in [1.807, 2.05) is 24.7 Å². The SMILES string of the molecule is Cc1cc(C)n(-c2cncc(N3CCC(c4c(C)[nH]c5ccccc45)CC3)n2)n1. The molecule has 5 rings (SSSR count). The van der Waals surface area contributed by atoms with E-state index in [1.54, 1.807) is 6.20 Å². The van der Waals surface area contributed by atoms with Gasteiger partial charge in [0, 0.05) is 35.4 Å². The number of fused-ring (bicyclic) bond motifs is 1. The zero-order chi connectivity index (χ0) is 20.0. The van der Waals surface area contributed by atoms with E-state index in [1.165, 1.54) is 22.2 Å². The van der Waals surface area contributed by atoms with Crippen LogP contribution in [0, 0.1) is 20.8 Å². The van der Waals surface area contributed by atoms with Gasteiger partial charge in [0.25, 0.3) is 0 Å². The number of rotatable bonds is 3. The Morgan fingerprint density at radius 2 is 1.76 bits per heavy atom. The van der Waals surface area contributed by atoms with Gasteiger partial charge in [0.05, 0.1) is 18.1 Å². The molecule has 6 nitrogen and oxygen atoms in total. The van der Waals surface area contributed by atoms with Crippen LogP contribution >= 0.6 is 0 Å². The fourth-order valence-electron chi connectivity index (χ4n) is 4.68. The number of para-hydroxylation sites is 1. The summed E-state index contributed by atoms with van der Waals surface area (Å²) in [7, 11) is 0. The summed E-state index contributed by atoms with van der Waals surface area (Å²) < 4.78 is 1.87. The Kier molecular flexibility index (Phi) is 4.34. The van der Waals surface area contributed by atoms with E-state index in [9.17, 15) is 0 Å². The van der Waals surface area contributed by atoms with Gasteiger partial charge in [0.15, 0.2) is 5.82 Å². The number of benzene rings is 1. The second kappa shape index (κ2) is 7.03. The smallest absolute Gasteiger partial charge is 0.174 e. The zero-order valence-corrected chi connectivity index (χ0v) is 17.2. The minimum atomic E-state index is 0.578. The maximum absolute atomic E-state index is 4.85. The Morgan fingerprint density at radius 3 is 2.52 bits per heavy atom. The van der Waals surface area contributed by atoms with Crippen LogP contribution in [-0.4, -0.2) is 37.8 Å². The standard InChI is InChI=1S/C23H26N6/c1-15-12-16(2)29(27-15)22-14-24-13-21(26-22)28-10-8-18(9-11-28)23-17(3)25-20-7-5-4-6-19(20)23/h4-7,12-14,18,25H,8-11H2,1-3H3. The minimum Gasteiger partial charge on any atom is -0.358 e. The first-order valence-electron chi connectivity index (χ1n) is 10.3. The third-order valence-corrected chi connectivity index (χ3v) is 6.01. The summed E-state index contributed by atoms with van der Waals surface area (Å²) in [4.78, 5) is 15.2. The lowest BCUT2D eigenvalue weighted by Crippen LogP contribution is -2.33. The molecule has 4 heterocycles. The van der Waals surface area contributed by atoms with E-state index in [2.05, 4.69) is 57.2 Å². The molecule has 3 aromatic heterocycles. The Labute approximate surface area is 170 Å². The summed E-state index contributed by atoms with van der Waals surface area (Å²) in [6, 6.07) is 10.7. The van der Waals surface area contributed by atoms with Crippen molar-refractivity contribution in [1.82, 2.24) is 24.7 Å². The van der Waals surface area contributed by atoms with Crippen molar-refractivity contribution in [3.8, 4) is 5.82 Å². The molecule has 0 unspecified atom stereocenters. The summed E-state index contributed by atoms with van der Waals surface area (Å²) in [6.45, 7) is 8.21. The summed E-state index contributed by atoms with van der Waals surface area (Å²) >= 11 is 0. The molecule has 0 spiro atoms. The van der Waals surface area contributed by atoms with Crippen LogP contribution in [0.3, 0.4) is 0 Å². The van der Waals surface area contributed by atoms with E-state index in [-0.39, 0.29) is 0 Å². The molecule has 148 valence electrons. The molecule has 0 atom stereocenters. The molecule has 4 aromatic rings. The Balaban J connectivity index is 1.36. The number of H-pyrrole nitrogens is 1. The molecular weight excluding hydrogens is 360 g/mol. The van der Waals surface area contributed by atoms with E-state index in [0.717, 1.165) is 49.0 Å². The first-order valence-corrected chi connectivity index (χ1v) is 10.3. The molecular formula is C23H26N6. The van der Waals surface area contributed by atoms with Gasteiger partial charge in [-0.1, -0.05) is 18.2 Å². The molecule has 0 saturated carbocycles. The number of aromatic nitrogens is 5. The molecule has 0 radical (unpaired) electrons. The van der Waals surface area contributed by atoms with Gasteiger partial charge in [-0.25, -0.2) is 9.67 Å². The lowest BCUT2D eigenvalue weighted by Gasteiger charge is -2.33. The molecule has 6 heteroatoms. The van der Waals surface area contributed by atoms with E-state index >= 15 is 0 Å². The fraction of sp³-hybridized carbons (Fsp3) is 0.348. The highest BCUT2D eigenvalue weighted by Gasteiger charge is 2.25. The highest BCUT2D eigenvalue weighted by Crippen LogP contribution is 2.36. The van der Waals surface area contributed by atoms with Crippen LogP contribution in [0.25, 0.3) is 16.7 Å². The third-order valence-electron chi connectivity index (χ3n) is 6.01. The maximum Gasteiger partial charge on any atom is 0.174 e. The van der Waals surface area contributed by atoms with Crippen molar-refractivity contribution in [1.29, 1.82) is 0 Å². The van der Waals surface area contributed by atoms with Crippen molar-refractivity contribution in [2.75, 3.05) is 18.0 Å². The van der Waals surface area contributed by atoms with E-state index in [4.69, 9.17) is 4.98 Å². The summed E-state index contributed by atoms with van der Waals surface area (Å²) in [5, 5.41) is 5.91. The normalized spacial score (nSPS) is 15.3. The predicted molar refractivity (Wildman–Crippen MR) is 116 cm³/mol. The number of piperidine rings is 1. The number of aryl methyl sites for hydroxylation is 3. The fourth-order valence-corrected chi connectivity index (χ4v) is 4.68. The van der Waals surface area contributed by atoms with Gasteiger partial charge in [-0.05, 0) is 57.2 Å². The quantitative estimate of drug-likeness (QED) is 0.565. The van der Waals surface area contributed by atoms with Crippen LogP contribution in [0.4, 0.5) is 5.82 Å². The molecule has 1 N–H and O–H groups in total. The summed E-state index contributed by atoms with van der Waals surface area (Å²) in [5.41, 5.74) is 6.09. The molecule has 1 aliphatic rings. The second-order valence-electron chi connectivity index (χ2n) is 8.04. The van der Waals surface area contributed by atoms with Gasteiger partial charge in [0.2, 0.25) is 0 Å². The van der Waals surface area contributed by atoms with Crippen molar-refractivity contribution in [3.63, 3.8) is 0 Å². The number of nitrogens with one attached hydrogen (secondary N) is 1. The van der Waals surface area contributed by atoms with E-state index < -0.39 is 0 Å². The van der Waals surface area contributed by atoms with Gasteiger partial charge < -0.3 is 9.88 Å². The van der Waals surface area contributed by atoms with Crippen LogP contribution in [0.15, 0.2) is 42.7 Å². The van der Waals surface area contributed by atoms with Gasteiger partial charge in [-0.3, -0.25) is 4.98 Å². The van der Waals surface area contributed by atoms with Gasteiger partial charge in [-0.2, -0.15) is 5.10 Å². The Morgan fingerprint density at radius 1 is 1.00 bits per heavy atom. The monoisotopic (exact) mass is 386 g/mol. The predicted octanol–water partition coefficient (Wildman–Crippen LogP) is 4.45. The zero-order valence-electron chi connectivity index (χ0n) is 17.2. The number of hydrogen-bond acceptors (Lipinski definition) is 4. The van der Waals surface area contributed by atoms with Crippen molar-refractivity contribution in [2.45, 2.75) is 39.5 Å². The van der Waals surface area contributed by atoms with Crippen LogP contribution < -0.4 is 4.90 Å². The average molecular weight is 387 g/mol. The number of anilines is 1. The number of aromatic amines is 1. The molecule has 1 aliphatic heterocycles. The second-order valence-corrected chi connectivity index (χ2v) is 8.04. The van der Waals surface area contributed by atoms with Crippen molar-refractivity contribution >= 4 is 16.7 Å². The molecule has 1 aromatic carbocycles. The average Bonchev–Trinajstić information content (AvgIpc) is 3.25. The van der Waals surface area contributed by atoms with Crippen molar-refractivity contribution in [3.05, 3.63) is 65.4 Å². The number of nitrogens with zero attached hydrogens (tertiary/aromatic N) is 5. The van der Waals surface area contributed by atoms with Crippen LogP contribution in [0.5, 0.6) is 0 Å². The van der Waals surface area contributed by atoms with Crippen LogP contribution in [0.2, 0.25) is 0 Å². The highest BCUT2D eigenvalue weighted by molar-refractivity contribution is 5.85. The first kappa shape index (κ1) is 17.9. The molecule has 29 heavy (non-hydrogen) atoms. The molecule has 1 saturated heterocycles. The molecule has 0 aliphatic carbocycles. The van der Waals surface area contributed by atoms with Gasteiger partial charge in [0.1, 0.15) is 5.82 Å². The Bertz CT molecular complexity index is 1160. The van der Waals surface area contributed by atoms with Crippen LogP contribution in [-0.2, 0) is 0 Å². The van der Waals surface area contributed by atoms with Crippen LogP contribution in [0.1, 0.15) is 41.4 Å².